The average Bonchev–Trinajstić information content (AvgIpc) is 2.97. The van der Waals surface area contributed by atoms with E-state index in [1.807, 2.05) is 4.90 Å². The van der Waals surface area contributed by atoms with Gasteiger partial charge in [-0.3, -0.25) is 4.79 Å². The van der Waals surface area contributed by atoms with E-state index in [1.54, 1.807) is 18.3 Å². The number of aromatic nitrogens is 1. The molecule has 100 valence electrons. The zero-order valence-electron chi connectivity index (χ0n) is 11.7. The summed E-state index contributed by atoms with van der Waals surface area (Å²) in [5.41, 5.74) is 1.30. The molecule has 1 unspecified atom stereocenters. The van der Waals surface area contributed by atoms with Crippen LogP contribution in [0.25, 0.3) is 0 Å². The van der Waals surface area contributed by atoms with Crippen molar-refractivity contribution in [3.63, 3.8) is 0 Å². The summed E-state index contributed by atoms with van der Waals surface area (Å²) < 4.78 is 0. The van der Waals surface area contributed by atoms with Crippen LogP contribution in [0, 0.1) is 0 Å². The highest BCUT2D eigenvalue weighted by atomic mass is 32.1. The Bertz CT molecular complexity index is 439. The van der Waals surface area contributed by atoms with Crippen LogP contribution in [0.15, 0.2) is 5.38 Å². The second-order valence-corrected chi connectivity index (χ2v) is 6.57. The highest BCUT2D eigenvalue weighted by Gasteiger charge is 2.31. The van der Waals surface area contributed by atoms with E-state index in [1.165, 1.54) is 5.69 Å². The number of hydrogen-bond acceptors (Lipinski definition) is 3. The average molecular weight is 266 g/mol. The fraction of sp³-hybridized carbons (Fsp3) is 0.714. The van der Waals surface area contributed by atoms with Crippen LogP contribution in [0.5, 0.6) is 0 Å². The Morgan fingerprint density at radius 1 is 1.61 bits per heavy atom. The molecule has 0 aromatic carbocycles. The summed E-state index contributed by atoms with van der Waals surface area (Å²) in [5, 5.41) is 3.27. The third kappa shape index (κ3) is 2.44. The van der Waals surface area contributed by atoms with Gasteiger partial charge in [0.1, 0.15) is 5.01 Å². The van der Waals surface area contributed by atoms with Gasteiger partial charge in [0.05, 0.1) is 11.7 Å². The summed E-state index contributed by atoms with van der Waals surface area (Å²) in [6.07, 6.45) is 3.23. The first kappa shape index (κ1) is 13.5. The predicted octanol–water partition coefficient (Wildman–Crippen LogP) is 3.51. The second-order valence-electron chi connectivity index (χ2n) is 5.68. The summed E-state index contributed by atoms with van der Waals surface area (Å²) in [4.78, 5) is 18.3. The van der Waals surface area contributed by atoms with Crippen LogP contribution in [0.1, 0.15) is 63.7 Å². The zero-order chi connectivity index (χ0) is 13.3. The number of likely N-dealkylation sites (tertiary alicyclic amines) is 1. The Morgan fingerprint density at radius 2 is 2.33 bits per heavy atom. The maximum absolute atomic E-state index is 11.6. The summed E-state index contributed by atoms with van der Waals surface area (Å²) in [6, 6.07) is 0.217. The van der Waals surface area contributed by atoms with E-state index in [0.29, 0.717) is 0 Å². The first-order valence-electron chi connectivity index (χ1n) is 6.69. The monoisotopic (exact) mass is 266 g/mol. The molecule has 1 saturated heterocycles. The first-order chi connectivity index (χ1) is 8.45. The van der Waals surface area contributed by atoms with Crippen LogP contribution in [0.4, 0.5) is 0 Å². The number of thiazole rings is 1. The van der Waals surface area contributed by atoms with Gasteiger partial charge in [-0.25, -0.2) is 4.98 Å². The van der Waals surface area contributed by atoms with Crippen molar-refractivity contribution < 1.29 is 4.79 Å². The van der Waals surface area contributed by atoms with E-state index >= 15 is 0 Å². The van der Waals surface area contributed by atoms with Crippen LogP contribution in [-0.2, 0) is 10.2 Å². The molecule has 0 spiro atoms. The molecule has 1 amide bonds. The Morgan fingerprint density at radius 3 is 2.94 bits per heavy atom. The Kier molecular flexibility index (Phi) is 3.76. The molecule has 1 aliphatic heterocycles. The molecule has 4 heteroatoms. The molecular weight excluding hydrogens is 244 g/mol. The predicted molar refractivity (Wildman–Crippen MR) is 74.8 cm³/mol. The second kappa shape index (κ2) is 5.00. The summed E-state index contributed by atoms with van der Waals surface area (Å²) in [7, 11) is 0. The summed E-state index contributed by atoms with van der Waals surface area (Å²) in [6.45, 7) is 9.18. The van der Waals surface area contributed by atoms with Gasteiger partial charge in [-0.2, -0.15) is 0 Å². The molecule has 0 N–H and O–H groups in total. The van der Waals surface area contributed by atoms with Crippen molar-refractivity contribution in [2.75, 3.05) is 6.54 Å². The van der Waals surface area contributed by atoms with Gasteiger partial charge in [0.2, 0.25) is 5.91 Å². The lowest BCUT2D eigenvalue weighted by molar-refractivity contribution is -0.129. The van der Waals surface area contributed by atoms with E-state index in [9.17, 15) is 4.79 Å². The molecule has 0 saturated carbocycles. The van der Waals surface area contributed by atoms with Gasteiger partial charge >= 0.3 is 0 Å². The van der Waals surface area contributed by atoms with Crippen LogP contribution in [0.3, 0.4) is 0 Å². The molecule has 1 aromatic rings. The SMILES string of the molecule is CCC(C)(C)c1csc(C2CCCN2C(C)=O)n1. The van der Waals surface area contributed by atoms with Gasteiger partial charge in [-0.1, -0.05) is 20.8 Å². The van der Waals surface area contributed by atoms with Gasteiger partial charge < -0.3 is 4.90 Å². The molecule has 2 rings (SSSR count). The molecule has 1 aromatic heterocycles. The number of carbonyl (C=O) groups is 1. The summed E-state index contributed by atoms with van der Waals surface area (Å²) in [5.74, 6) is 0.170. The Hall–Kier alpha value is -0.900. The molecule has 0 radical (unpaired) electrons. The molecule has 1 fully saturated rings. The van der Waals surface area contributed by atoms with Gasteiger partial charge in [0.25, 0.3) is 0 Å². The normalized spacial score (nSPS) is 20.4. The van der Waals surface area contributed by atoms with Gasteiger partial charge in [-0.05, 0) is 19.3 Å². The van der Waals surface area contributed by atoms with Crippen LogP contribution in [-0.4, -0.2) is 22.3 Å². The van der Waals surface area contributed by atoms with Crippen LogP contribution >= 0.6 is 11.3 Å². The largest absolute Gasteiger partial charge is 0.333 e. The minimum Gasteiger partial charge on any atom is -0.333 e. The number of hydrogen-bond donors (Lipinski definition) is 0. The van der Waals surface area contributed by atoms with Crippen molar-refractivity contribution in [2.24, 2.45) is 0 Å². The molecule has 0 aliphatic carbocycles. The maximum Gasteiger partial charge on any atom is 0.220 e. The molecule has 1 aliphatic rings. The lowest BCUT2D eigenvalue weighted by Crippen LogP contribution is -2.28. The molecular formula is C14H22N2OS. The lowest BCUT2D eigenvalue weighted by Gasteiger charge is -2.22. The molecule has 18 heavy (non-hydrogen) atoms. The topological polar surface area (TPSA) is 33.2 Å². The fourth-order valence-corrected chi connectivity index (χ4v) is 3.49. The van der Waals surface area contributed by atoms with E-state index in [0.717, 1.165) is 30.8 Å². The van der Waals surface area contributed by atoms with Crippen molar-refractivity contribution in [3.8, 4) is 0 Å². The lowest BCUT2D eigenvalue weighted by atomic mass is 9.87. The first-order valence-corrected chi connectivity index (χ1v) is 7.57. The third-order valence-electron chi connectivity index (χ3n) is 4.04. The van der Waals surface area contributed by atoms with Crippen LogP contribution in [0.2, 0.25) is 0 Å². The molecule has 3 nitrogen and oxygen atoms in total. The minimum atomic E-state index is 0.133. The van der Waals surface area contributed by atoms with Gasteiger partial charge in [0, 0.05) is 24.3 Å². The number of nitrogens with zero attached hydrogens (tertiary/aromatic N) is 2. The highest BCUT2D eigenvalue weighted by Crippen LogP contribution is 2.36. The van der Waals surface area contributed by atoms with Gasteiger partial charge in [0.15, 0.2) is 0 Å². The minimum absolute atomic E-state index is 0.133. The zero-order valence-corrected chi connectivity index (χ0v) is 12.5. The summed E-state index contributed by atoms with van der Waals surface area (Å²) >= 11 is 1.71. The molecule has 0 bridgehead atoms. The number of carbonyl (C=O) groups excluding carboxylic acids is 1. The Balaban J connectivity index is 2.22. The number of amides is 1. The molecule has 2 heterocycles. The van der Waals surface area contributed by atoms with Crippen molar-refractivity contribution in [1.82, 2.24) is 9.88 Å². The quantitative estimate of drug-likeness (QED) is 0.838. The van der Waals surface area contributed by atoms with Crippen molar-refractivity contribution in [1.29, 1.82) is 0 Å². The van der Waals surface area contributed by atoms with Crippen LogP contribution < -0.4 is 0 Å². The van der Waals surface area contributed by atoms with E-state index in [-0.39, 0.29) is 17.4 Å². The fourth-order valence-electron chi connectivity index (χ4n) is 2.33. The van der Waals surface area contributed by atoms with E-state index in [4.69, 9.17) is 4.98 Å². The Labute approximate surface area is 113 Å². The maximum atomic E-state index is 11.6. The number of rotatable bonds is 3. The smallest absolute Gasteiger partial charge is 0.220 e. The van der Waals surface area contributed by atoms with Crippen molar-refractivity contribution in [3.05, 3.63) is 16.1 Å². The highest BCUT2D eigenvalue weighted by molar-refractivity contribution is 7.09. The van der Waals surface area contributed by atoms with Crippen molar-refractivity contribution in [2.45, 2.75) is 58.4 Å². The van der Waals surface area contributed by atoms with Crippen molar-refractivity contribution >= 4 is 17.2 Å². The third-order valence-corrected chi connectivity index (χ3v) is 4.99. The standard InChI is InChI=1S/C14H22N2OS/c1-5-14(3,4)12-9-18-13(15-12)11-7-6-8-16(11)10(2)17/h9,11H,5-8H2,1-4H3. The van der Waals surface area contributed by atoms with E-state index in [2.05, 4.69) is 26.2 Å². The van der Waals surface area contributed by atoms with Gasteiger partial charge in [-0.15, -0.1) is 11.3 Å². The molecule has 1 atom stereocenters. The van der Waals surface area contributed by atoms with E-state index < -0.39 is 0 Å².